The maximum atomic E-state index is 13.0. The first-order valence-corrected chi connectivity index (χ1v) is 10.3. The lowest BCUT2D eigenvalue weighted by atomic mass is 10.2. The minimum atomic E-state index is -0.418. The van der Waals surface area contributed by atoms with Crippen molar-refractivity contribution in [3.8, 4) is 0 Å². The van der Waals surface area contributed by atoms with E-state index in [-0.39, 0.29) is 42.2 Å². The molecule has 0 bridgehead atoms. The highest BCUT2D eigenvalue weighted by molar-refractivity contribution is 8.18. The molecule has 2 aliphatic heterocycles. The van der Waals surface area contributed by atoms with Gasteiger partial charge in [0.05, 0.1) is 24.2 Å². The van der Waals surface area contributed by atoms with E-state index in [0.717, 1.165) is 36.1 Å². The van der Waals surface area contributed by atoms with E-state index in [1.807, 2.05) is 0 Å². The number of benzene rings is 1. The number of nitrogens with one attached hydrogen (secondary N) is 1. The lowest BCUT2D eigenvalue weighted by Gasteiger charge is -2.13. The molecule has 1 aromatic carbocycles. The van der Waals surface area contributed by atoms with E-state index >= 15 is 0 Å². The molecule has 0 saturated carbocycles. The monoisotopic (exact) mass is 422 g/mol. The molecule has 2 heterocycles. The summed E-state index contributed by atoms with van der Waals surface area (Å²) >= 11 is 0.829. The van der Waals surface area contributed by atoms with E-state index in [9.17, 15) is 18.8 Å². The van der Waals surface area contributed by atoms with Gasteiger partial charge in [-0.15, -0.1) is 0 Å². The fourth-order valence-electron chi connectivity index (χ4n) is 2.95. The topological polar surface area (TPSA) is 84.9 Å². The van der Waals surface area contributed by atoms with Crippen molar-refractivity contribution < 1.29 is 28.2 Å². The molecule has 9 heteroatoms. The molecule has 0 aliphatic carbocycles. The van der Waals surface area contributed by atoms with Crippen LogP contribution in [-0.4, -0.2) is 61.0 Å². The molecule has 0 radical (unpaired) electrons. The van der Waals surface area contributed by atoms with E-state index in [2.05, 4.69) is 5.32 Å². The van der Waals surface area contributed by atoms with Gasteiger partial charge in [0.15, 0.2) is 0 Å². The quantitative estimate of drug-likeness (QED) is 0.486. The fourth-order valence-corrected chi connectivity index (χ4v) is 3.82. The van der Waals surface area contributed by atoms with Gasteiger partial charge >= 0.3 is 0 Å². The predicted octanol–water partition coefficient (Wildman–Crippen LogP) is 2.56. The second-order valence-corrected chi connectivity index (χ2v) is 7.69. The van der Waals surface area contributed by atoms with Crippen molar-refractivity contribution in [3.05, 3.63) is 40.6 Å². The Hall–Kier alpha value is -2.23. The molecule has 1 aromatic rings. The van der Waals surface area contributed by atoms with Crippen molar-refractivity contribution in [1.29, 1.82) is 0 Å². The largest absolute Gasteiger partial charge is 0.378 e. The Labute approximate surface area is 172 Å². The number of hydrogen-bond donors (Lipinski definition) is 1. The van der Waals surface area contributed by atoms with Crippen LogP contribution in [0.4, 0.5) is 9.18 Å². The van der Waals surface area contributed by atoms with Crippen molar-refractivity contribution in [2.75, 3.05) is 32.9 Å². The van der Waals surface area contributed by atoms with Crippen LogP contribution in [0.25, 0.3) is 6.08 Å². The van der Waals surface area contributed by atoms with Gasteiger partial charge in [-0.1, -0.05) is 12.1 Å². The summed E-state index contributed by atoms with van der Waals surface area (Å²) in [5, 5.41) is 2.29. The molecule has 1 N–H and O–H groups in total. The molecule has 29 heavy (non-hydrogen) atoms. The highest BCUT2D eigenvalue weighted by Gasteiger charge is 2.34. The average molecular weight is 422 g/mol. The van der Waals surface area contributed by atoms with Crippen LogP contribution >= 0.6 is 11.8 Å². The summed E-state index contributed by atoms with van der Waals surface area (Å²) in [5.74, 6) is -0.993. The molecule has 3 amide bonds. The zero-order chi connectivity index (χ0) is 20.6. The van der Waals surface area contributed by atoms with Gasteiger partial charge in [-0.3, -0.25) is 19.3 Å². The van der Waals surface area contributed by atoms with Crippen LogP contribution in [0, 0.1) is 5.82 Å². The number of carbonyl (C=O) groups is 3. The smallest absolute Gasteiger partial charge is 0.293 e. The minimum absolute atomic E-state index is 0.0912. The Morgan fingerprint density at radius 3 is 2.86 bits per heavy atom. The van der Waals surface area contributed by atoms with Crippen LogP contribution in [0.1, 0.15) is 24.8 Å². The Bertz CT molecular complexity index is 778. The van der Waals surface area contributed by atoms with E-state index in [1.165, 1.54) is 24.3 Å². The predicted molar refractivity (Wildman–Crippen MR) is 106 cm³/mol. The van der Waals surface area contributed by atoms with Crippen LogP contribution in [0.2, 0.25) is 0 Å². The average Bonchev–Trinajstić information content (AvgIpc) is 3.31. The summed E-state index contributed by atoms with van der Waals surface area (Å²) in [6, 6.07) is 5.64. The Kier molecular flexibility index (Phi) is 7.79. The van der Waals surface area contributed by atoms with Gasteiger partial charge < -0.3 is 14.8 Å². The first-order valence-electron chi connectivity index (χ1n) is 9.50. The number of hydrogen-bond acceptors (Lipinski definition) is 6. The number of halogens is 1. The molecule has 1 unspecified atom stereocenters. The van der Waals surface area contributed by atoms with Crippen LogP contribution in [-0.2, 0) is 19.1 Å². The number of imide groups is 1. The van der Waals surface area contributed by atoms with E-state index in [4.69, 9.17) is 9.47 Å². The van der Waals surface area contributed by atoms with Gasteiger partial charge in [-0.2, -0.15) is 0 Å². The summed E-state index contributed by atoms with van der Waals surface area (Å²) in [6.07, 6.45) is 3.91. The Morgan fingerprint density at radius 1 is 1.34 bits per heavy atom. The molecular weight excluding hydrogens is 399 g/mol. The molecule has 156 valence electrons. The highest BCUT2D eigenvalue weighted by Crippen LogP contribution is 2.31. The number of nitrogens with zero attached hydrogens (tertiary/aromatic N) is 1. The fraction of sp³-hybridized carbons (Fsp3) is 0.450. The molecule has 7 nitrogen and oxygen atoms in total. The standard InChI is InChI=1S/C20H23FN2O5S/c21-15-5-3-14(4-6-15)12-17-19(25)23(20(26)29-17)9-8-22-18(24)7-11-27-13-16-2-1-10-28-16/h3-6,12,16H,1-2,7-11,13H2,(H,22,24)/b17-12-. The minimum Gasteiger partial charge on any atom is -0.378 e. The van der Waals surface area contributed by atoms with Gasteiger partial charge in [0.25, 0.3) is 11.1 Å². The Balaban J connectivity index is 1.37. The van der Waals surface area contributed by atoms with Crippen LogP contribution in [0.3, 0.4) is 0 Å². The molecule has 2 aliphatic rings. The SMILES string of the molecule is O=C(CCOCC1CCCO1)NCCN1C(=O)S/C(=C\c2ccc(F)cc2)C1=O. The molecule has 3 rings (SSSR count). The molecule has 2 fully saturated rings. The first-order chi connectivity index (χ1) is 14.0. The van der Waals surface area contributed by atoms with Crippen LogP contribution in [0.15, 0.2) is 29.2 Å². The van der Waals surface area contributed by atoms with Crippen molar-refractivity contribution in [1.82, 2.24) is 10.2 Å². The summed E-state index contributed by atoms with van der Waals surface area (Å²) in [4.78, 5) is 37.7. The van der Waals surface area contributed by atoms with E-state index < -0.39 is 11.1 Å². The maximum absolute atomic E-state index is 13.0. The summed E-state index contributed by atoms with van der Waals surface area (Å²) in [6.45, 7) is 1.82. The third-order valence-electron chi connectivity index (χ3n) is 4.50. The third-order valence-corrected chi connectivity index (χ3v) is 5.41. The van der Waals surface area contributed by atoms with Crippen molar-refractivity contribution in [3.63, 3.8) is 0 Å². The Morgan fingerprint density at radius 2 is 2.14 bits per heavy atom. The van der Waals surface area contributed by atoms with Crippen molar-refractivity contribution in [2.24, 2.45) is 0 Å². The van der Waals surface area contributed by atoms with Gasteiger partial charge in [0.1, 0.15) is 5.82 Å². The number of amides is 3. The summed E-state index contributed by atoms with van der Waals surface area (Å²) in [7, 11) is 0. The van der Waals surface area contributed by atoms with E-state index in [1.54, 1.807) is 6.08 Å². The second kappa shape index (κ2) is 10.5. The second-order valence-electron chi connectivity index (χ2n) is 6.69. The molecule has 0 spiro atoms. The summed E-state index contributed by atoms with van der Waals surface area (Å²) in [5.41, 5.74) is 0.633. The maximum Gasteiger partial charge on any atom is 0.293 e. The van der Waals surface area contributed by atoms with Gasteiger partial charge in [-0.05, 0) is 48.4 Å². The summed E-state index contributed by atoms with van der Waals surface area (Å²) < 4.78 is 23.8. The molecule has 1 atom stereocenters. The highest BCUT2D eigenvalue weighted by atomic mass is 32.2. The van der Waals surface area contributed by atoms with Crippen LogP contribution in [0.5, 0.6) is 0 Å². The molecule has 2 saturated heterocycles. The van der Waals surface area contributed by atoms with E-state index in [0.29, 0.717) is 18.8 Å². The van der Waals surface area contributed by atoms with Gasteiger partial charge in [0, 0.05) is 26.1 Å². The number of ether oxygens (including phenoxy) is 2. The van der Waals surface area contributed by atoms with Gasteiger partial charge in [-0.25, -0.2) is 4.39 Å². The third kappa shape index (κ3) is 6.38. The molecular formula is C20H23FN2O5S. The number of rotatable bonds is 9. The normalized spacial score (nSPS) is 20.7. The van der Waals surface area contributed by atoms with Crippen molar-refractivity contribution in [2.45, 2.75) is 25.4 Å². The number of carbonyl (C=O) groups excluding carboxylic acids is 3. The lowest BCUT2D eigenvalue weighted by Crippen LogP contribution is -2.37. The lowest BCUT2D eigenvalue weighted by molar-refractivity contribution is -0.124. The number of thioether (sulfide) groups is 1. The van der Waals surface area contributed by atoms with Crippen molar-refractivity contribution >= 4 is 34.9 Å². The first kappa shape index (κ1) is 21.5. The van der Waals surface area contributed by atoms with Gasteiger partial charge in [0.2, 0.25) is 5.91 Å². The van der Waals surface area contributed by atoms with Crippen LogP contribution < -0.4 is 5.32 Å². The zero-order valence-corrected chi connectivity index (χ0v) is 16.7. The zero-order valence-electron chi connectivity index (χ0n) is 15.9. The molecule has 0 aromatic heterocycles.